The predicted octanol–water partition coefficient (Wildman–Crippen LogP) is 5.31. The number of carbonyl (C=O) groups excluding carboxylic acids is 2. The van der Waals surface area contributed by atoms with Crippen molar-refractivity contribution in [1.82, 2.24) is 0 Å². The second-order valence-corrected chi connectivity index (χ2v) is 6.72. The highest BCUT2D eigenvalue weighted by atomic mass is 35.5. The van der Waals surface area contributed by atoms with E-state index in [2.05, 4.69) is 12.2 Å². The SMILES string of the molecule is CCc1ccc(CC(=O)Nc2ccc(Cl)cc2C(=O)c2ccccc2)cc1. The summed E-state index contributed by atoms with van der Waals surface area (Å²) in [5, 5.41) is 3.29. The number of benzene rings is 3. The number of carbonyl (C=O) groups is 2. The molecule has 0 fully saturated rings. The summed E-state index contributed by atoms with van der Waals surface area (Å²) in [6, 6.07) is 21.8. The molecule has 1 N–H and O–H groups in total. The van der Waals surface area contributed by atoms with Gasteiger partial charge in [-0.05, 0) is 35.7 Å². The molecule has 0 heterocycles. The van der Waals surface area contributed by atoms with Crippen LogP contribution in [0.5, 0.6) is 0 Å². The maximum absolute atomic E-state index is 12.8. The van der Waals surface area contributed by atoms with Crippen LogP contribution in [0, 0.1) is 0 Å². The molecule has 3 nitrogen and oxygen atoms in total. The van der Waals surface area contributed by atoms with Crippen LogP contribution < -0.4 is 5.32 Å². The van der Waals surface area contributed by atoms with E-state index in [1.165, 1.54) is 5.56 Å². The van der Waals surface area contributed by atoms with Crippen LogP contribution in [0.3, 0.4) is 0 Å². The molecule has 0 radical (unpaired) electrons. The smallest absolute Gasteiger partial charge is 0.228 e. The summed E-state index contributed by atoms with van der Waals surface area (Å²) in [6.45, 7) is 2.09. The lowest BCUT2D eigenvalue weighted by Gasteiger charge is -2.11. The molecule has 1 amide bonds. The van der Waals surface area contributed by atoms with Crippen LogP contribution in [0.4, 0.5) is 5.69 Å². The number of amides is 1. The third-order valence-electron chi connectivity index (χ3n) is 4.33. The Morgan fingerprint density at radius 2 is 1.56 bits per heavy atom. The average Bonchev–Trinajstić information content (AvgIpc) is 2.70. The first kappa shape index (κ1) is 18.9. The van der Waals surface area contributed by atoms with Gasteiger partial charge >= 0.3 is 0 Å². The van der Waals surface area contributed by atoms with Crippen LogP contribution in [0.1, 0.15) is 34.0 Å². The molecule has 3 rings (SSSR count). The molecular weight excluding hydrogens is 358 g/mol. The second-order valence-electron chi connectivity index (χ2n) is 6.28. The fraction of sp³-hybridized carbons (Fsp3) is 0.130. The van der Waals surface area contributed by atoms with Crippen LogP contribution in [0.25, 0.3) is 0 Å². The molecule has 0 saturated carbocycles. The van der Waals surface area contributed by atoms with E-state index in [4.69, 9.17) is 11.6 Å². The molecule has 0 aromatic heterocycles. The number of hydrogen-bond donors (Lipinski definition) is 1. The van der Waals surface area contributed by atoms with Crippen molar-refractivity contribution in [2.45, 2.75) is 19.8 Å². The van der Waals surface area contributed by atoms with Crippen molar-refractivity contribution in [1.29, 1.82) is 0 Å². The van der Waals surface area contributed by atoms with Gasteiger partial charge in [-0.2, -0.15) is 0 Å². The number of aryl methyl sites for hydroxylation is 1. The zero-order valence-corrected chi connectivity index (χ0v) is 15.8. The minimum absolute atomic E-state index is 0.177. The Morgan fingerprint density at radius 1 is 0.889 bits per heavy atom. The number of hydrogen-bond acceptors (Lipinski definition) is 2. The highest BCUT2D eigenvalue weighted by Gasteiger charge is 2.16. The van der Waals surface area contributed by atoms with E-state index in [1.807, 2.05) is 30.3 Å². The van der Waals surface area contributed by atoms with Crippen LogP contribution in [-0.2, 0) is 17.6 Å². The zero-order chi connectivity index (χ0) is 19.2. The van der Waals surface area contributed by atoms with E-state index in [0.717, 1.165) is 12.0 Å². The normalized spacial score (nSPS) is 10.4. The van der Waals surface area contributed by atoms with Crippen molar-refractivity contribution in [3.8, 4) is 0 Å². The Balaban J connectivity index is 1.80. The molecular formula is C23H20ClNO2. The Labute approximate surface area is 164 Å². The van der Waals surface area contributed by atoms with Crippen LogP contribution in [0.15, 0.2) is 72.8 Å². The summed E-state index contributed by atoms with van der Waals surface area (Å²) in [7, 11) is 0. The predicted molar refractivity (Wildman–Crippen MR) is 109 cm³/mol. The van der Waals surface area contributed by atoms with Gasteiger partial charge < -0.3 is 5.32 Å². The van der Waals surface area contributed by atoms with Gasteiger partial charge in [-0.25, -0.2) is 0 Å². The Kier molecular flexibility index (Phi) is 6.05. The molecule has 3 aromatic carbocycles. The molecule has 0 unspecified atom stereocenters. The molecule has 0 aliphatic carbocycles. The van der Waals surface area contributed by atoms with E-state index in [0.29, 0.717) is 21.8 Å². The van der Waals surface area contributed by atoms with E-state index in [1.54, 1.807) is 42.5 Å². The molecule has 27 heavy (non-hydrogen) atoms. The summed E-state index contributed by atoms with van der Waals surface area (Å²) in [5.41, 5.74) is 3.54. The van der Waals surface area contributed by atoms with Gasteiger partial charge in [0.2, 0.25) is 5.91 Å². The lowest BCUT2D eigenvalue weighted by atomic mass is 10.0. The largest absolute Gasteiger partial charge is 0.325 e. The molecule has 4 heteroatoms. The Morgan fingerprint density at radius 3 is 2.22 bits per heavy atom. The molecule has 0 atom stereocenters. The van der Waals surface area contributed by atoms with Crippen molar-refractivity contribution in [3.05, 3.63) is 100 Å². The molecule has 0 saturated heterocycles. The molecule has 0 aliphatic rings. The lowest BCUT2D eigenvalue weighted by Crippen LogP contribution is -2.17. The first-order chi connectivity index (χ1) is 13.1. The van der Waals surface area contributed by atoms with E-state index < -0.39 is 0 Å². The second kappa shape index (κ2) is 8.65. The summed E-state index contributed by atoms with van der Waals surface area (Å²) in [6.07, 6.45) is 1.20. The standard InChI is InChI=1S/C23H20ClNO2/c1-2-16-8-10-17(11-9-16)14-22(26)25-21-13-12-19(24)15-20(21)23(27)18-6-4-3-5-7-18/h3-13,15H,2,14H2,1H3,(H,25,26). The summed E-state index contributed by atoms with van der Waals surface area (Å²) >= 11 is 6.08. The summed E-state index contributed by atoms with van der Waals surface area (Å²) in [4.78, 5) is 25.3. The number of ketones is 1. The maximum atomic E-state index is 12.8. The lowest BCUT2D eigenvalue weighted by molar-refractivity contribution is -0.115. The average molecular weight is 378 g/mol. The van der Waals surface area contributed by atoms with Crippen molar-refractivity contribution < 1.29 is 9.59 Å². The highest BCUT2D eigenvalue weighted by Crippen LogP contribution is 2.24. The van der Waals surface area contributed by atoms with Gasteiger partial charge in [0.1, 0.15) is 0 Å². The number of nitrogens with one attached hydrogen (secondary N) is 1. The minimum atomic E-state index is -0.180. The van der Waals surface area contributed by atoms with Gasteiger partial charge in [0.05, 0.1) is 12.1 Å². The van der Waals surface area contributed by atoms with Gasteiger partial charge in [-0.1, -0.05) is 73.1 Å². The topological polar surface area (TPSA) is 46.2 Å². The fourth-order valence-corrected chi connectivity index (χ4v) is 3.00. The molecule has 136 valence electrons. The van der Waals surface area contributed by atoms with Crippen molar-refractivity contribution in [2.24, 2.45) is 0 Å². The highest BCUT2D eigenvalue weighted by molar-refractivity contribution is 6.31. The van der Waals surface area contributed by atoms with Crippen molar-refractivity contribution in [3.63, 3.8) is 0 Å². The quantitative estimate of drug-likeness (QED) is 0.591. The summed E-state index contributed by atoms with van der Waals surface area (Å²) in [5.74, 6) is -0.357. The Bertz CT molecular complexity index is 950. The monoisotopic (exact) mass is 377 g/mol. The third-order valence-corrected chi connectivity index (χ3v) is 4.57. The molecule has 0 spiro atoms. The minimum Gasteiger partial charge on any atom is -0.325 e. The number of anilines is 1. The fourth-order valence-electron chi connectivity index (χ4n) is 2.83. The number of halogens is 1. The summed E-state index contributed by atoms with van der Waals surface area (Å²) < 4.78 is 0. The van der Waals surface area contributed by atoms with Crippen molar-refractivity contribution >= 4 is 29.0 Å². The van der Waals surface area contributed by atoms with Gasteiger partial charge in [-0.15, -0.1) is 0 Å². The molecule has 0 bridgehead atoms. The molecule has 3 aromatic rings. The van der Waals surface area contributed by atoms with Crippen LogP contribution in [-0.4, -0.2) is 11.7 Å². The van der Waals surface area contributed by atoms with E-state index >= 15 is 0 Å². The van der Waals surface area contributed by atoms with E-state index in [-0.39, 0.29) is 18.1 Å². The van der Waals surface area contributed by atoms with Gasteiger partial charge in [-0.3, -0.25) is 9.59 Å². The zero-order valence-electron chi connectivity index (χ0n) is 15.0. The van der Waals surface area contributed by atoms with E-state index in [9.17, 15) is 9.59 Å². The van der Waals surface area contributed by atoms with Gasteiger partial charge in [0.25, 0.3) is 0 Å². The first-order valence-electron chi connectivity index (χ1n) is 8.84. The van der Waals surface area contributed by atoms with Gasteiger partial charge in [0.15, 0.2) is 5.78 Å². The Hall–Kier alpha value is -2.91. The van der Waals surface area contributed by atoms with Crippen LogP contribution >= 0.6 is 11.6 Å². The maximum Gasteiger partial charge on any atom is 0.228 e. The molecule has 0 aliphatic heterocycles. The van der Waals surface area contributed by atoms with Gasteiger partial charge in [0, 0.05) is 16.1 Å². The van der Waals surface area contributed by atoms with Crippen molar-refractivity contribution in [2.75, 3.05) is 5.32 Å². The third kappa shape index (κ3) is 4.83. The first-order valence-corrected chi connectivity index (χ1v) is 9.21. The van der Waals surface area contributed by atoms with Crippen LogP contribution in [0.2, 0.25) is 5.02 Å². The number of rotatable bonds is 6.